The second-order valence-electron chi connectivity index (χ2n) is 4.91. The van der Waals surface area contributed by atoms with Crippen molar-refractivity contribution in [2.24, 2.45) is 5.10 Å². The molecule has 0 fully saturated rings. The van der Waals surface area contributed by atoms with Gasteiger partial charge in [-0.05, 0) is 29.3 Å². The van der Waals surface area contributed by atoms with Crippen LogP contribution in [-0.4, -0.2) is 33.3 Å². The number of thioether (sulfide) groups is 1. The predicted molar refractivity (Wildman–Crippen MR) is 93.7 cm³/mol. The fourth-order valence-corrected chi connectivity index (χ4v) is 2.84. The molecule has 0 radical (unpaired) electrons. The average Bonchev–Trinajstić information content (AvgIpc) is 3.07. The Kier molecular flexibility index (Phi) is 5.12. The summed E-state index contributed by atoms with van der Waals surface area (Å²) < 4.78 is 6.70. The number of nitrogens with zero attached hydrogens (tertiary/aromatic N) is 4. The number of rotatable bonds is 6. The van der Waals surface area contributed by atoms with E-state index < -0.39 is 0 Å². The highest BCUT2D eigenvalue weighted by atomic mass is 32.2. The molecule has 2 aromatic carbocycles. The highest BCUT2D eigenvalue weighted by Gasteiger charge is 2.05. The van der Waals surface area contributed by atoms with Gasteiger partial charge in [0.1, 0.15) is 6.33 Å². The summed E-state index contributed by atoms with van der Waals surface area (Å²) in [6, 6.07) is 15.2. The molecule has 7 heteroatoms. The second-order valence-corrected chi connectivity index (χ2v) is 5.85. The summed E-state index contributed by atoms with van der Waals surface area (Å²) in [5.74, 6) is 1.29. The van der Waals surface area contributed by atoms with Gasteiger partial charge in [-0.1, -0.05) is 42.1 Å². The third-order valence-electron chi connectivity index (χ3n) is 3.25. The van der Waals surface area contributed by atoms with Crippen molar-refractivity contribution in [3.63, 3.8) is 0 Å². The molecule has 24 heavy (non-hydrogen) atoms. The van der Waals surface area contributed by atoms with E-state index in [0.717, 1.165) is 11.3 Å². The molecule has 3 aromatic rings. The molecule has 122 valence electrons. The van der Waals surface area contributed by atoms with Crippen LogP contribution in [0.5, 0.6) is 11.5 Å². The standard InChI is InChI=1S/C17H16N4O2S/c1-23-16-9-14(7-8-15(16)22)10-19-21-12-18-20-17(21)24-11-13-5-3-2-4-6-13/h2-10,12,22H,11H2,1H3/b19-10+. The van der Waals surface area contributed by atoms with Gasteiger partial charge in [-0.3, -0.25) is 0 Å². The zero-order chi connectivity index (χ0) is 16.8. The van der Waals surface area contributed by atoms with Crippen LogP contribution < -0.4 is 4.74 Å². The van der Waals surface area contributed by atoms with Gasteiger partial charge >= 0.3 is 0 Å². The first-order valence-corrected chi connectivity index (χ1v) is 8.23. The molecule has 3 rings (SSSR count). The Labute approximate surface area is 143 Å². The van der Waals surface area contributed by atoms with Gasteiger partial charge in [-0.25, -0.2) is 0 Å². The summed E-state index contributed by atoms with van der Waals surface area (Å²) in [5.41, 5.74) is 2.02. The van der Waals surface area contributed by atoms with Crippen LogP contribution in [0, 0.1) is 0 Å². The first-order chi connectivity index (χ1) is 11.8. The molecule has 0 amide bonds. The molecule has 0 aliphatic carbocycles. The van der Waals surface area contributed by atoms with E-state index in [2.05, 4.69) is 27.4 Å². The monoisotopic (exact) mass is 340 g/mol. The maximum atomic E-state index is 9.61. The second kappa shape index (κ2) is 7.65. The van der Waals surface area contributed by atoms with Crippen LogP contribution >= 0.6 is 11.8 Å². The van der Waals surface area contributed by atoms with Crippen molar-refractivity contribution in [3.8, 4) is 11.5 Å². The lowest BCUT2D eigenvalue weighted by Gasteiger charge is -2.04. The topological polar surface area (TPSA) is 72.5 Å². The van der Waals surface area contributed by atoms with E-state index in [-0.39, 0.29) is 5.75 Å². The lowest BCUT2D eigenvalue weighted by atomic mass is 10.2. The fraction of sp³-hybridized carbons (Fsp3) is 0.118. The number of phenolic OH excluding ortho intramolecular Hbond substituents is 1. The molecule has 0 atom stereocenters. The highest BCUT2D eigenvalue weighted by molar-refractivity contribution is 7.98. The summed E-state index contributed by atoms with van der Waals surface area (Å²) in [5, 5.41) is 22.7. The van der Waals surface area contributed by atoms with Crippen molar-refractivity contribution in [2.45, 2.75) is 10.9 Å². The molecule has 0 bridgehead atoms. The summed E-state index contributed by atoms with van der Waals surface area (Å²) in [7, 11) is 1.51. The van der Waals surface area contributed by atoms with Gasteiger partial charge in [-0.2, -0.15) is 9.78 Å². The van der Waals surface area contributed by atoms with E-state index in [4.69, 9.17) is 4.74 Å². The average molecular weight is 340 g/mol. The fourth-order valence-electron chi connectivity index (χ4n) is 2.02. The Morgan fingerprint density at radius 1 is 1.25 bits per heavy atom. The number of ether oxygens (including phenoxy) is 1. The maximum Gasteiger partial charge on any atom is 0.212 e. The minimum Gasteiger partial charge on any atom is -0.504 e. The number of aromatic nitrogens is 3. The largest absolute Gasteiger partial charge is 0.504 e. The first kappa shape index (κ1) is 16.1. The van der Waals surface area contributed by atoms with Crippen LogP contribution in [0.3, 0.4) is 0 Å². The van der Waals surface area contributed by atoms with E-state index >= 15 is 0 Å². The maximum absolute atomic E-state index is 9.61. The highest BCUT2D eigenvalue weighted by Crippen LogP contribution is 2.25. The molecule has 0 aliphatic rings. The molecular weight excluding hydrogens is 324 g/mol. The van der Waals surface area contributed by atoms with E-state index in [0.29, 0.717) is 10.9 Å². The smallest absolute Gasteiger partial charge is 0.212 e. The van der Waals surface area contributed by atoms with Gasteiger partial charge in [0.25, 0.3) is 0 Å². The van der Waals surface area contributed by atoms with Crippen LogP contribution in [0.2, 0.25) is 0 Å². The van der Waals surface area contributed by atoms with Crippen LogP contribution in [0.1, 0.15) is 11.1 Å². The van der Waals surface area contributed by atoms with Gasteiger partial charge < -0.3 is 9.84 Å². The number of hydrogen-bond acceptors (Lipinski definition) is 6. The number of aromatic hydroxyl groups is 1. The van der Waals surface area contributed by atoms with Gasteiger partial charge in [0, 0.05) is 5.75 Å². The van der Waals surface area contributed by atoms with Crippen molar-refractivity contribution < 1.29 is 9.84 Å². The predicted octanol–water partition coefficient (Wildman–Crippen LogP) is 3.17. The van der Waals surface area contributed by atoms with Crippen molar-refractivity contribution in [2.75, 3.05) is 7.11 Å². The van der Waals surface area contributed by atoms with Crippen molar-refractivity contribution in [1.82, 2.24) is 14.9 Å². The van der Waals surface area contributed by atoms with E-state index in [1.54, 1.807) is 47.2 Å². The lowest BCUT2D eigenvalue weighted by Crippen LogP contribution is -1.93. The van der Waals surface area contributed by atoms with Crippen LogP contribution in [-0.2, 0) is 5.75 Å². The Balaban J connectivity index is 1.71. The van der Waals surface area contributed by atoms with Crippen molar-refractivity contribution in [3.05, 3.63) is 66.0 Å². The number of hydrogen-bond donors (Lipinski definition) is 1. The zero-order valence-corrected chi connectivity index (χ0v) is 13.8. The number of phenols is 1. The first-order valence-electron chi connectivity index (χ1n) is 7.24. The third-order valence-corrected chi connectivity index (χ3v) is 4.25. The molecule has 0 spiro atoms. The van der Waals surface area contributed by atoms with Crippen molar-refractivity contribution in [1.29, 1.82) is 0 Å². The van der Waals surface area contributed by atoms with Crippen LogP contribution in [0.4, 0.5) is 0 Å². The number of methoxy groups -OCH3 is 1. The minimum atomic E-state index is 0.0954. The Morgan fingerprint density at radius 2 is 2.08 bits per heavy atom. The van der Waals surface area contributed by atoms with Gasteiger partial charge in [0.05, 0.1) is 13.3 Å². The normalized spacial score (nSPS) is 11.0. The van der Waals surface area contributed by atoms with Gasteiger partial charge in [0.15, 0.2) is 11.5 Å². The molecule has 0 aliphatic heterocycles. The zero-order valence-electron chi connectivity index (χ0n) is 13.0. The quantitative estimate of drug-likeness (QED) is 0.551. The SMILES string of the molecule is COc1cc(/C=N/n2cnnc2SCc2ccccc2)ccc1O. The van der Waals surface area contributed by atoms with Crippen LogP contribution in [0.25, 0.3) is 0 Å². The van der Waals surface area contributed by atoms with Gasteiger partial charge in [0.2, 0.25) is 5.16 Å². The molecule has 0 unspecified atom stereocenters. The van der Waals surface area contributed by atoms with E-state index in [1.807, 2.05) is 18.2 Å². The summed E-state index contributed by atoms with van der Waals surface area (Å²) in [4.78, 5) is 0. The lowest BCUT2D eigenvalue weighted by molar-refractivity contribution is 0.373. The third kappa shape index (κ3) is 3.94. The van der Waals surface area contributed by atoms with Crippen LogP contribution in [0.15, 0.2) is 65.1 Å². The molecule has 1 aromatic heterocycles. The summed E-state index contributed by atoms with van der Waals surface area (Å²) in [6.45, 7) is 0. The summed E-state index contributed by atoms with van der Waals surface area (Å²) in [6.07, 6.45) is 3.22. The summed E-state index contributed by atoms with van der Waals surface area (Å²) >= 11 is 1.56. The molecule has 0 saturated carbocycles. The van der Waals surface area contributed by atoms with E-state index in [1.165, 1.54) is 12.7 Å². The minimum absolute atomic E-state index is 0.0954. The molecule has 6 nitrogen and oxygen atoms in total. The molecule has 1 N–H and O–H groups in total. The van der Waals surface area contributed by atoms with Crippen molar-refractivity contribution >= 4 is 18.0 Å². The Morgan fingerprint density at radius 3 is 2.88 bits per heavy atom. The number of benzene rings is 2. The van der Waals surface area contributed by atoms with E-state index in [9.17, 15) is 5.11 Å². The van der Waals surface area contributed by atoms with Gasteiger partial charge in [-0.15, -0.1) is 10.2 Å². The molecule has 0 saturated heterocycles. The Bertz CT molecular complexity index is 834. The molecule has 1 heterocycles. The Hall–Kier alpha value is -2.80. The molecular formula is C17H16N4O2S.